The first-order valence-corrected chi connectivity index (χ1v) is 9.30. The summed E-state index contributed by atoms with van der Waals surface area (Å²) in [5, 5.41) is 0. The Morgan fingerprint density at radius 1 is 0.778 bits per heavy atom. The lowest BCUT2D eigenvalue weighted by molar-refractivity contribution is -0.116. The van der Waals surface area contributed by atoms with Gasteiger partial charge in [0.15, 0.2) is 0 Å². The van der Waals surface area contributed by atoms with Crippen molar-refractivity contribution < 1.29 is 19.1 Å². The van der Waals surface area contributed by atoms with E-state index in [1.165, 1.54) is 0 Å². The van der Waals surface area contributed by atoms with E-state index in [1.54, 1.807) is 55.5 Å². The van der Waals surface area contributed by atoms with Gasteiger partial charge in [-0.3, -0.25) is 0 Å². The van der Waals surface area contributed by atoms with Gasteiger partial charge in [0, 0.05) is 5.92 Å². The Hall–Kier alpha value is -2.62. The largest absolute Gasteiger partial charge is 0.455 e. The van der Waals surface area contributed by atoms with E-state index in [4.69, 9.17) is 9.47 Å². The summed E-state index contributed by atoms with van der Waals surface area (Å²) in [5.74, 6) is -0.644. The zero-order valence-corrected chi connectivity index (χ0v) is 16.6. The smallest absolute Gasteiger partial charge is 0.338 e. The Bertz CT molecular complexity index is 754. The highest BCUT2D eigenvalue weighted by Gasteiger charge is 2.44. The molecule has 0 aliphatic rings. The second kappa shape index (κ2) is 8.85. The maximum absolute atomic E-state index is 12.7. The number of esters is 2. The van der Waals surface area contributed by atoms with E-state index in [-0.39, 0.29) is 11.8 Å². The predicted octanol–water partition coefficient (Wildman–Crippen LogP) is 5.14. The van der Waals surface area contributed by atoms with Crippen LogP contribution in [-0.2, 0) is 9.47 Å². The topological polar surface area (TPSA) is 52.6 Å². The van der Waals surface area contributed by atoms with Crippen molar-refractivity contribution in [2.75, 3.05) is 0 Å². The first-order chi connectivity index (χ1) is 12.8. The number of carbonyl (C=O) groups is 2. The third-order valence-electron chi connectivity index (χ3n) is 5.33. The zero-order valence-electron chi connectivity index (χ0n) is 16.6. The molecule has 0 aliphatic heterocycles. The van der Waals surface area contributed by atoms with Crippen molar-refractivity contribution in [3.05, 3.63) is 71.8 Å². The number of carbonyl (C=O) groups excluding carboxylic acids is 2. The molecule has 4 nitrogen and oxygen atoms in total. The molecule has 0 amide bonds. The normalized spacial score (nSPS) is 15.5. The number of ether oxygens (including phenoxy) is 2. The van der Waals surface area contributed by atoms with Crippen LogP contribution in [0.15, 0.2) is 60.7 Å². The summed E-state index contributed by atoms with van der Waals surface area (Å²) in [6.07, 6.45) is -0.615. The molecule has 27 heavy (non-hydrogen) atoms. The third kappa shape index (κ3) is 4.97. The van der Waals surface area contributed by atoms with Crippen LogP contribution in [0.3, 0.4) is 0 Å². The zero-order chi connectivity index (χ0) is 20.0. The van der Waals surface area contributed by atoms with Gasteiger partial charge < -0.3 is 9.47 Å². The molecule has 0 aromatic heterocycles. The molecule has 2 rings (SSSR count). The Kier molecular flexibility index (Phi) is 6.78. The van der Waals surface area contributed by atoms with E-state index in [0.29, 0.717) is 11.1 Å². The van der Waals surface area contributed by atoms with Crippen LogP contribution in [0.4, 0.5) is 0 Å². The summed E-state index contributed by atoms with van der Waals surface area (Å²) < 4.78 is 11.6. The maximum Gasteiger partial charge on any atom is 0.338 e. The van der Waals surface area contributed by atoms with Gasteiger partial charge in [0.05, 0.1) is 11.1 Å². The second-order valence-electron chi connectivity index (χ2n) is 7.39. The summed E-state index contributed by atoms with van der Waals surface area (Å²) in [5.41, 5.74) is -0.0227. The van der Waals surface area contributed by atoms with Gasteiger partial charge in [0.25, 0.3) is 0 Å². The van der Waals surface area contributed by atoms with E-state index < -0.39 is 23.6 Å². The SMILES string of the molecule is CC(C)C(C)C(C)(OC(=O)c1ccccc1)C(C)OC(=O)c1ccccc1. The van der Waals surface area contributed by atoms with Crippen LogP contribution in [0.2, 0.25) is 0 Å². The fraction of sp³-hybridized carbons (Fsp3) is 0.391. The summed E-state index contributed by atoms with van der Waals surface area (Å²) in [6, 6.07) is 17.7. The molecule has 4 heteroatoms. The maximum atomic E-state index is 12.7. The van der Waals surface area contributed by atoms with Gasteiger partial charge in [-0.1, -0.05) is 57.2 Å². The van der Waals surface area contributed by atoms with Crippen LogP contribution in [0.25, 0.3) is 0 Å². The van der Waals surface area contributed by atoms with Crippen LogP contribution in [0.1, 0.15) is 55.3 Å². The molecule has 0 heterocycles. The molecule has 3 atom stereocenters. The highest BCUT2D eigenvalue weighted by atomic mass is 16.6. The fourth-order valence-electron chi connectivity index (χ4n) is 2.96. The molecule has 2 aromatic rings. The fourth-order valence-corrected chi connectivity index (χ4v) is 2.96. The van der Waals surface area contributed by atoms with Crippen LogP contribution < -0.4 is 0 Å². The van der Waals surface area contributed by atoms with Crippen molar-refractivity contribution in [3.63, 3.8) is 0 Å². The number of rotatable bonds is 7. The molecule has 0 aliphatic carbocycles. The van der Waals surface area contributed by atoms with Crippen molar-refractivity contribution in [1.29, 1.82) is 0 Å². The minimum absolute atomic E-state index is 0.0243. The number of hydrogen-bond donors (Lipinski definition) is 0. The molecular formula is C23H28O4. The molecule has 0 saturated carbocycles. The minimum atomic E-state index is -0.967. The summed E-state index contributed by atoms with van der Waals surface area (Å²) in [7, 11) is 0. The summed E-state index contributed by atoms with van der Waals surface area (Å²) in [6.45, 7) is 9.74. The molecule has 0 spiro atoms. The first kappa shape index (κ1) is 20.7. The molecule has 0 N–H and O–H groups in total. The van der Waals surface area contributed by atoms with Gasteiger partial charge in [-0.25, -0.2) is 9.59 Å². The molecule has 0 bridgehead atoms. The molecule has 144 valence electrons. The summed E-state index contributed by atoms with van der Waals surface area (Å²) in [4.78, 5) is 25.2. The Labute approximate surface area is 161 Å². The van der Waals surface area contributed by atoms with E-state index in [0.717, 1.165) is 0 Å². The number of hydrogen-bond acceptors (Lipinski definition) is 4. The van der Waals surface area contributed by atoms with Gasteiger partial charge >= 0.3 is 11.9 Å². The molecule has 0 saturated heterocycles. The standard InChI is InChI=1S/C23H28O4/c1-16(2)17(3)23(5,27-22(25)20-14-10-7-11-15-20)18(4)26-21(24)19-12-8-6-9-13-19/h6-18H,1-5H3. The van der Waals surface area contributed by atoms with E-state index >= 15 is 0 Å². The lowest BCUT2D eigenvalue weighted by Gasteiger charge is -2.41. The van der Waals surface area contributed by atoms with E-state index in [2.05, 4.69) is 13.8 Å². The van der Waals surface area contributed by atoms with Crippen molar-refractivity contribution >= 4 is 11.9 Å². The number of benzene rings is 2. The van der Waals surface area contributed by atoms with Crippen LogP contribution >= 0.6 is 0 Å². The van der Waals surface area contributed by atoms with E-state index in [1.807, 2.05) is 26.0 Å². The molecule has 3 unspecified atom stereocenters. The highest BCUT2D eigenvalue weighted by molar-refractivity contribution is 5.90. The molecule has 2 aromatic carbocycles. The van der Waals surface area contributed by atoms with Crippen LogP contribution in [0.5, 0.6) is 0 Å². The van der Waals surface area contributed by atoms with Crippen molar-refractivity contribution in [2.24, 2.45) is 11.8 Å². The van der Waals surface area contributed by atoms with Gasteiger partial charge in [-0.15, -0.1) is 0 Å². The van der Waals surface area contributed by atoms with Gasteiger partial charge in [0.2, 0.25) is 0 Å². The van der Waals surface area contributed by atoms with Crippen molar-refractivity contribution in [3.8, 4) is 0 Å². The van der Waals surface area contributed by atoms with Gasteiger partial charge in [-0.05, 0) is 44.0 Å². The summed E-state index contributed by atoms with van der Waals surface area (Å²) >= 11 is 0. The third-order valence-corrected chi connectivity index (χ3v) is 5.33. The van der Waals surface area contributed by atoms with Crippen LogP contribution in [0, 0.1) is 11.8 Å². The Morgan fingerprint density at radius 3 is 1.67 bits per heavy atom. The second-order valence-corrected chi connectivity index (χ2v) is 7.39. The van der Waals surface area contributed by atoms with Gasteiger partial charge in [-0.2, -0.15) is 0 Å². The van der Waals surface area contributed by atoms with Crippen molar-refractivity contribution in [2.45, 2.75) is 46.3 Å². The lowest BCUT2D eigenvalue weighted by atomic mass is 9.78. The average molecular weight is 368 g/mol. The van der Waals surface area contributed by atoms with Crippen LogP contribution in [-0.4, -0.2) is 23.6 Å². The average Bonchev–Trinajstić information content (AvgIpc) is 2.68. The van der Waals surface area contributed by atoms with Gasteiger partial charge in [0.1, 0.15) is 11.7 Å². The molecule has 0 radical (unpaired) electrons. The quantitative estimate of drug-likeness (QED) is 0.635. The predicted molar refractivity (Wildman–Crippen MR) is 106 cm³/mol. The first-order valence-electron chi connectivity index (χ1n) is 9.30. The monoisotopic (exact) mass is 368 g/mol. The van der Waals surface area contributed by atoms with Crippen molar-refractivity contribution in [1.82, 2.24) is 0 Å². The Balaban J connectivity index is 2.24. The highest BCUT2D eigenvalue weighted by Crippen LogP contribution is 2.34. The Morgan fingerprint density at radius 2 is 1.22 bits per heavy atom. The molecule has 0 fully saturated rings. The lowest BCUT2D eigenvalue weighted by Crippen LogP contribution is -2.51. The van der Waals surface area contributed by atoms with E-state index in [9.17, 15) is 9.59 Å². The molecular weight excluding hydrogens is 340 g/mol. The minimum Gasteiger partial charge on any atom is -0.455 e.